The van der Waals surface area contributed by atoms with Crippen molar-refractivity contribution < 1.29 is 9.53 Å². The average molecular weight is 381 g/mol. The maximum atomic E-state index is 13.0. The summed E-state index contributed by atoms with van der Waals surface area (Å²) in [5.41, 5.74) is 2.51. The summed E-state index contributed by atoms with van der Waals surface area (Å²) in [6, 6.07) is 6.88. The Kier molecular flexibility index (Phi) is 3.95. The van der Waals surface area contributed by atoms with Gasteiger partial charge in [-0.1, -0.05) is 12.1 Å². The minimum Gasteiger partial charge on any atom is -0.465 e. The maximum Gasteiger partial charge on any atom is 0.337 e. The van der Waals surface area contributed by atoms with E-state index in [1.54, 1.807) is 31.3 Å². The van der Waals surface area contributed by atoms with Gasteiger partial charge < -0.3 is 10.1 Å². The normalized spacial score (nSPS) is 14.8. The van der Waals surface area contributed by atoms with Gasteiger partial charge in [0.1, 0.15) is 5.82 Å². The molecule has 3 heterocycles. The average Bonchev–Trinajstić information content (AvgIpc) is 3.09. The molecule has 0 saturated heterocycles. The number of H-pyrrole nitrogens is 1. The summed E-state index contributed by atoms with van der Waals surface area (Å²) >= 11 is 0. The van der Waals surface area contributed by atoms with Crippen molar-refractivity contribution in [1.29, 1.82) is 0 Å². The molecule has 4 rings (SSSR count). The Balaban J connectivity index is 2.00. The number of hydrogen-bond acceptors (Lipinski definition) is 6. The van der Waals surface area contributed by atoms with E-state index in [9.17, 15) is 14.4 Å². The van der Waals surface area contributed by atoms with Crippen molar-refractivity contribution in [3.63, 3.8) is 0 Å². The molecule has 0 bridgehead atoms. The standard InChI is InChI=1S/C19H19N5O4/c1-9-12-13(10-5-7-11(8-6-10)18(26)28-4)14-16(20-15(12)22-21-9)23(2)19(27)24(3)17(14)25/h5-8,13H,1-4H3,(H2,20,21,22)/t13-/m1/s1. The number of anilines is 2. The molecular weight excluding hydrogens is 362 g/mol. The fourth-order valence-corrected chi connectivity index (χ4v) is 3.69. The summed E-state index contributed by atoms with van der Waals surface area (Å²) in [6.45, 7) is 1.88. The van der Waals surface area contributed by atoms with E-state index in [0.29, 0.717) is 22.8 Å². The van der Waals surface area contributed by atoms with Crippen LogP contribution in [0.25, 0.3) is 0 Å². The molecule has 9 heteroatoms. The van der Waals surface area contributed by atoms with Crippen molar-refractivity contribution in [2.45, 2.75) is 12.8 Å². The van der Waals surface area contributed by atoms with E-state index < -0.39 is 17.6 Å². The Hall–Kier alpha value is -3.62. The molecular formula is C19H19N5O4. The number of esters is 1. The highest BCUT2D eigenvalue weighted by molar-refractivity contribution is 5.89. The Morgan fingerprint density at radius 2 is 1.79 bits per heavy atom. The number of ether oxygens (including phenoxy) is 1. The molecule has 1 aromatic carbocycles. The van der Waals surface area contributed by atoms with Gasteiger partial charge in [-0.25, -0.2) is 9.59 Å². The summed E-state index contributed by atoms with van der Waals surface area (Å²) in [5, 5.41) is 10.3. The molecule has 0 amide bonds. The van der Waals surface area contributed by atoms with Crippen molar-refractivity contribution in [3.05, 3.63) is 73.1 Å². The zero-order valence-corrected chi connectivity index (χ0v) is 15.9. The first-order valence-electron chi connectivity index (χ1n) is 8.65. The first-order valence-corrected chi connectivity index (χ1v) is 8.65. The Labute approximate surface area is 159 Å². The van der Waals surface area contributed by atoms with Crippen LogP contribution in [0.3, 0.4) is 0 Å². The number of aromatic amines is 1. The minimum absolute atomic E-state index is 0.376. The zero-order valence-electron chi connectivity index (χ0n) is 15.9. The minimum atomic E-state index is -0.442. The summed E-state index contributed by atoms with van der Waals surface area (Å²) in [5.74, 6) is 0.0994. The summed E-state index contributed by atoms with van der Waals surface area (Å²) in [6.07, 6.45) is 0. The van der Waals surface area contributed by atoms with Gasteiger partial charge >= 0.3 is 11.7 Å². The number of fused-ring (bicyclic) bond motifs is 2. The predicted molar refractivity (Wildman–Crippen MR) is 102 cm³/mol. The van der Waals surface area contributed by atoms with Crippen LogP contribution in [0.15, 0.2) is 33.9 Å². The van der Waals surface area contributed by atoms with Gasteiger partial charge in [0.25, 0.3) is 5.56 Å². The fourth-order valence-electron chi connectivity index (χ4n) is 3.69. The smallest absolute Gasteiger partial charge is 0.337 e. The number of methoxy groups -OCH3 is 1. The topological polar surface area (TPSA) is 111 Å². The molecule has 0 spiro atoms. The van der Waals surface area contributed by atoms with Crippen molar-refractivity contribution >= 4 is 17.6 Å². The van der Waals surface area contributed by atoms with E-state index in [1.807, 2.05) is 6.92 Å². The molecule has 0 aliphatic carbocycles. The van der Waals surface area contributed by atoms with Gasteiger partial charge in [0.05, 0.1) is 18.2 Å². The third kappa shape index (κ3) is 2.39. The third-order valence-electron chi connectivity index (χ3n) is 5.17. The van der Waals surface area contributed by atoms with Crippen molar-refractivity contribution in [3.8, 4) is 0 Å². The highest BCUT2D eigenvalue weighted by atomic mass is 16.5. The number of aryl methyl sites for hydroxylation is 1. The molecule has 9 nitrogen and oxygen atoms in total. The lowest BCUT2D eigenvalue weighted by Crippen LogP contribution is -2.42. The van der Waals surface area contributed by atoms with Crippen LogP contribution in [0.2, 0.25) is 0 Å². The van der Waals surface area contributed by atoms with Gasteiger partial charge in [0.2, 0.25) is 0 Å². The molecule has 1 aliphatic heterocycles. The molecule has 0 unspecified atom stereocenters. The van der Waals surface area contributed by atoms with E-state index >= 15 is 0 Å². The molecule has 1 atom stereocenters. The monoisotopic (exact) mass is 381 g/mol. The molecule has 3 aromatic rings. The zero-order chi connectivity index (χ0) is 20.2. The van der Waals surface area contributed by atoms with Gasteiger partial charge in [-0.15, -0.1) is 0 Å². The molecule has 28 heavy (non-hydrogen) atoms. The van der Waals surface area contributed by atoms with E-state index in [2.05, 4.69) is 15.5 Å². The highest BCUT2D eigenvalue weighted by Gasteiger charge is 2.35. The number of carbonyl (C=O) groups excluding carboxylic acids is 1. The number of nitrogens with one attached hydrogen (secondary N) is 2. The van der Waals surface area contributed by atoms with Crippen LogP contribution in [-0.4, -0.2) is 32.4 Å². The first kappa shape index (κ1) is 17.8. The second-order valence-corrected chi connectivity index (χ2v) is 6.75. The lowest BCUT2D eigenvalue weighted by atomic mass is 9.83. The van der Waals surface area contributed by atoms with Crippen LogP contribution in [0.1, 0.15) is 38.7 Å². The molecule has 0 fully saturated rings. The van der Waals surface area contributed by atoms with Crippen LogP contribution in [0.5, 0.6) is 0 Å². The third-order valence-corrected chi connectivity index (χ3v) is 5.17. The molecule has 2 N–H and O–H groups in total. The van der Waals surface area contributed by atoms with Crippen LogP contribution in [0.4, 0.5) is 11.6 Å². The lowest BCUT2D eigenvalue weighted by molar-refractivity contribution is 0.0600. The highest BCUT2D eigenvalue weighted by Crippen LogP contribution is 2.43. The van der Waals surface area contributed by atoms with Crippen molar-refractivity contribution in [2.75, 3.05) is 12.4 Å². The van der Waals surface area contributed by atoms with Gasteiger partial charge in [-0.05, 0) is 24.6 Å². The molecule has 2 aromatic heterocycles. The van der Waals surface area contributed by atoms with E-state index in [4.69, 9.17) is 4.74 Å². The largest absolute Gasteiger partial charge is 0.465 e. The molecule has 144 valence electrons. The van der Waals surface area contributed by atoms with E-state index in [-0.39, 0.29) is 5.56 Å². The quantitative estimate of drug-likeness (QED) is 0.504. The van der Waals surface area contributed by atoms with Crippen molar-refractivity contribution in [2.24, 2.45) is 14.1 Å². The fraction of sp³-hybridized carbons (Fsp3) is 0.263. The van der Waals surface area contributed by atoms with Crippen LogP contribution >= 0.6 is 0 Å². The number of hydrogen-bond donors (Lipinski definition) is 2. The number of nitrogens with zero attached hydrogens (tertiary/aromatic N) is 3. The number of aromatic nitrogens is 4. The van der Waals surface area contributed by atoms with E-state index in [0.717, 1.165) is 21.4 Å². The van der Waals surface area contributed by atoms with Crippen LogP contribution < -0.4 is 16.6 Å². The SMILES string of the molecule is COC(=O)c1ccc([C@@H]2c3c(n[nH]c3C)Nc3c2c(=O)n(C)c(=O)n3C)cc1. The Bertz CT molecular complexity index is 1220. The molecule has 0 saturated carbocycles. The molecule has 0 radical (unpaired) electrons. The number of carbonyl (C=O) groups is 1. The lowest BCUT2D eigenvalue weighted by Gasteiger charge is -2.28. The van der Waals surface area contributed by atoms with E-state index in [1.165, 1.54) is 18.7 Å². The number of rotatable bonds is 2. The summed E-state index contributed by atoms with van der Waals surface area (Å²) in [7, 11) is 4.39. The van der Waals surface area contributed by atoms with Crippen molar-refractivity contribution in [1.82, 2.24) is 19.3 Å². The van der Waals surface area contributed by atoms with Gasteiger partial charge in [0.15, 0.2) is 5.82 Å². The number of benzene rings is 1. The first-order chi connectivity index (χ1) is 13.3. The van der Waals surface area contributed by atoms with Crippen LogP contribution in [0, 0.1) is 6.92 Å². The van der Waals surface area contributed by atoms with Crippen LogP contribution in [-0.2, 0) is 18.8 Å². The summed E-state index contributed by atoms with van der Waals surface area (Å²) < 4.78 is 7.25. The maximum absolute atomic E-state index is 13.0. The van der Waals surface area contributed by atoms with Gasteiger partial charge in [0, 0.05) is 31.3 Å². The predicted octanol–water partition coefficient (Wildman–Crippen LogP) is 1.14. The van der Waals surface area contributed by atoms with Gasteiger partial charge in [-0.2, -0.15) is 5.10 Å². The Morgan fingerprint density at radius 3 is 2.43 bits per heavy atom. The second-order valence-electron chi connectivity index (χ2n) is 6.75. The molecule has 1 aliphatic rings. The second kappa shape index (κ2) is 6.22. The summed E-state index contributed by atoms with van der Waals surface area (Å²) in [4.78, 5) is 37.2. The Morgan fingerprint density at radius 1 is 1.11 bits per heavy atom. The van der Waals surface area contributed by atoms with Gasteiger partial charge in [-0.3, -0.25) is 19.0 Å².